The van der Waals surface area contributed by atoms with Gasteiger partial charge in [0, 0.05) is 0 Å². The molecule has 0 atom stereocenters. The Morgan fingerprint density at radius 3 is 1.38 bits per heavy atom. The van der Waals surface area contributed by atoms with Gasteiger partial charge in [-0.15, -0.1) is 33.2 Å². The molecule has 5 heteroatoms. The van der Waals surface area contributed by atoms with Gasteiger partial charge < -0.3 is 0 Å². The van der Waals surface area contributed by atoms with Crippen molar-refractivity contribution < 1.29 is 0 Å². The van der Waals surface area contributed by atoms with Crippen LogP contribution in [0, 0.1) is 0 Å². The van der Waals surface area contributed by atoms with Crippen molar-refractivity contribution in [3.63, 3.8) is 0 Å². The molecule has 0 aromatic carbocycles. The van der Waals surface area contributed by atoms with E-state index in [0.29, 0.717) is 0 Å². The van der Waals surface area contributed by atoms with E-state index in [0.717, 1.165) is 12.5 Å². The second kappa shape index (κ2) is 11.9. The lowest BCUT2D eigenvalue weighted by Gasteiger charge is -2.06. The van der Waals surface area contributed by atoms with Crippen LogP contribution < -0.4 is 0 Å². The average molecular weight is 416 g/mol. The van der Waals surface area contributed by atoms with Crippen LogP contribution in [0.1, 0.15) is 57.8 Å². The fourth-order valence-corrected chi connectivity index (χ4v) is 4.05. The van der Waals surface area contributed by atoms with Gasteiger partial charge >= 0.3 is 6.00 Å². The highest BCUT2D eigenvalue weighted by molar-refractivity contribution is 14.1. The van der Waals surface area contributed by atoms with Crippen molar-refractivity contribution in [2.45, 2.75) is 63.8 Å². The zero-order valence-electron chi connectivity index (χ0n) is 9.79. The Labute approximate surface area is 129 Å². The molecule has 0 radical (unpaired) electrons. The number of hydrogen-bond donors (Lipinski definition) is 0. The number of alkyl halides is 1. The summed E-state index contributed by atoms with van der Waals surface area (Å²) in [7, 11) is 0. The summed E-state index contributed by atoms with van der Waals surface area (Å²) in [6.45, 7) is 0. The molecule has 98 valence electrons. The fraction of sp³-hybridized carbons (Fsp3) is 1.00. The Morgan fingerprint density at radius 1 is 0.625 bits per heavy atom. The SMILES string of the molecule is Cl[Si](Cl)(Cl)CCCCCCCCCCCI. The van der Waals surface area contributed by atoms with E-state index >= 15 is 0 Å². The van der Waals surface area contributed by atoms with E-state index in [1.165, 1.54) is 55.8 Å². The highest BCUT2D eigenvalue weighted by Crippen LogP contribution is 2.27. The van der Waals surface area contributed by atoms with Crippen molar-refractivity contribution in [1.29, 1.82) is 0 Å². The van der Waals surface area contributed by atoms with E-state index in [2.05, 4.69) is 22.6 Å². The number of hydrogen-bond acceptors (Lipinski definition) is 0. The van der Waals surface area contributed by atoms with Crippen LogP contribution in [0.2, 0.25) is 6.04 Å². The molecule has 16 heavy (non-hydrogen) atoms. The van der Waals surface area contributed by atoms with E-state index in [1.54, 1.807) is 0 Å². The van der Waals surface area contributed by atoms with E-state index < -0.39 is 6.00 Å². The molecule has 0 aromatic heterocycles. The smallest absolute Gasteiger partial charge is 0.126 e. The van der Waals surface area contributed by atoms with E-state index in [4.69, 9.17) is 33.2 Å². The lowest BCUT2D eigenvalue weighted by Crippen LogP contribution is -2.07. The molecule has 0 aliphatic carbocycles. The van der Waals surface area contributed by atoms with E-state index in [1.807, 2.05) is 0 Å². The first kappa shape index (κ1) is 17.8. The molecule has 0 aromatic rings. The molecule has 0 unspecified atom stereocenters. The van der Waals surface area contributed by atoms with Gasteiger partial charge in [-0.25, -0.2) is 0 Å². The van der Waals surface area contributed by atoms with Gasteiger partial charge in [0.05, 0.1) is 0 Å². The molecule has 0 nitrogen and oxygen atoms in total. The Morgan fingerprint density at radius 2 is 1.00 bits per heavy atom. The van der Waals surface area contributed by atoms with Crippen LogP contribution >= 0.6 is 55.8 Å². The van der Waals surface area contributed by atoms with Crippen LogP contribution in [0.25, 0.3) is 0 Å². The van der Waals surface area contributed by atoms with Gasteiger partial charge in [-0.2, -0.15) is 0 Å². The molecule has 0 aliphatic heterocycles. The van der Waals surface area contributed by atoms with Gasteiger partial charge in [-0.3, -0.25) is 0 Å². The van der Waals surface area contributed by atoms with Gasteiger partial charge in [0.1, 0.15) is 0 Å². The lowest BCUT2D eigenvalue weighted by atomic mass is 10.1. The normalized spacial score (nSPS) is 12.0. The lowest BCUT2D eigenvalue weighted by molar-refractivity contribution is 0.573. The zero-order valence-corrected chi connectivity index (χ0v) is 15.2. The first-order valence-electron chi connectivity index (χ1n) is 6.19. The van der Waals surface area contributed by atoms with Crippen molar-refractivity contribution in [3.05, 3.63) is 0 Å². The number of unbranched alkanes of at least 4 members (excludes halogenated alkanes) is 8. The summed E-state index contributed by atoms with van der Waals surface area (Å²) >= 11 is 19.9. The Bertz CT molecular complexity index is 151. The van der Waals surface area contributed by atoms with Crippen LogP contribution in [-0.2, 0) is 0 Å². The minimum atomic E-state index is -2.33. The molecule has 0 aliphatic rings. The van der Waals surface area contributed by atoms with Crippen molar-refractivity contribution in [3.8, 4) is 0 Å². The molecule has 0 rings (SSSR count). The van der Waals surface area contributed by atoms with Crippen molar-refractivity contribution in [1.82, 2.24) is 0 Å². The Balaban J connectivity index is 2.99. The fourth-order valence-electron chi connectivity index (χ4n) is 1.66. The second-order valence-corrected chi connectivity index (χ2v) is 14.6. The maximum absolute atomic E-state index is 5.81. The van der Waals surface area contributed by atoms with Crippen LogP contribution in [-0.4, -0.2) is 10.4 Å². The van der Waals surface area contributed by atoms with E-state index in [9.17, 15) is 0 Å². The molecular formula is C11H22Cl3ISi. The minimum absolute atomic E-state index is 0.827. The summed E-state index contributed by atoms with van der Waals surface area (Å²) < 4.78 is 1.30. The second-order valence-electron chi connectivity index (χ2n) is 4.24. The Hall–Kier alpha value is 1.82. The van der Waals surface area contributed by atoms with Crippen LogP contribution in [0.3, 0.4) is 0 Å². The van der Waals surface area contributed by atoms with Crippen molar-refractivity contribution in [2.24, 2.45) is 0 Å². The number of halogens is 4. The molecule has 0 spiro atoms. The minimum Gasteiger partial charge on any atom is -0.126 e. The molecule has 0 saturated heterocycles. The molecule has 0 saturated carbocycles. The number of rotatable bonds is 11. The molecule has 0 N–H and O–H groups in total. The maximum Gasteiger partial charge on any atom is 0.341 e. The topological polar surface area (TPSA) is 0 Å². The molecule has 0 heterocycles. The third-order valence-corrected chi connectivity index (χ3v) is 5.98. The average Bonchev–Trinajstić information content (AvgIpc) is 2.19. The van der Waals surface area contributed by atoms with Gasteiger partial charge in [-0.05, 0) is 16.9 Å². The van der Waals surface area contributed by atoms with Gasteiger partial charge in [-0.1, -0.05) is 74.0 Å². The summed E-state index contributed by atoms with van der Waals surface area (Å²) in [5.41, 5.74) is 0. The van der Waals surface area contributed by atoms with Gasteiger partial charge in [0.15, 0.2) is 0 Å². The zero-order chi connectivity index (χ0) is 12.3. The first-order chi connectivity index (χ1) is 7.56. The predicted molar refractivity (Wildman–Crippen MR) is 88.6 cm³/mol. The summed E-state index contributed by atoms with van der Waals surface area (Å²) in [5, 5.41) is 0. The van der Waals surface area contributed by atoms with Crippen LogP contribution in [0.5, 0.6) is 0 Å². The summed E-state index contributed by atoms with van der Waals surface area (Å²) in [6, 6.07) is -1.50. The third-order valence-electron chi connectivity index (χ3n) is 2.59. The molecular weight excluding hydrogens is 393 g/mol. The van der Waals surface area contributed by atoms with E-state index in [-0.39, 0.29) is 0 Å². The molecule has 0 amide bonds. The predicted octanol–water partition coefficient (Wildman–Crippen LogP) is 6.59. The summed E-state index contributed by atoms with van der Waals surface area (Å²) in [4.78, 5) is 0. The van der Waals surface area contributed by atoms with Gasteiger partial charge in [0.25, 0.3) is 0 Å². The standard InChI is InChI=1S/C11H22Cl3ISi/c12-16(13,14)11-9-7-5-3-1-2-4-6-8-10-15/h1-11H2. The Kier molecular flexibility index (Phi) is 13.2. The quantitative estimate of drug-likeness (QED) is 0.117. The van der Waals surface area contributed by atoms with Crippen LogP contribution in [0.15, 0.2) is 0 Å². The summed E-state index contributed by atoms with van der Waals surface area (Å²) in [6.07, 6.45) is 12.0. The first-order valence-corrected chi connectivity index (χ1v) is 13.0. The van der Waals surface area contributed by atoms with Crippen LogP contribution in [0.4, 0.5) is 0 Å². The summed E-state index contributed by atoms with van der Waals surface area (Å²) in [5.74, 6) is 0. The maximum atomic E-state index is 5.81. The molecule has 0 bridgehead atoms. The highest BCUT2D eigenvalue weighted by atomic mass is 127. The van der Waals surface area contributed by atoms with Crippen molar-refractivity contribution in [2.75, 3.05) is 4.43 Å². The van der Waals surface area contributed by atoms with Gasteiger partial charge in [0.2, 0.25) is 0 Å². The van der Waals surface area contributed by atoms with Crippen molar-refractivity contribution >= 4 is 61.8 Å². The third kappa shape index (κ3) is 15.8. The molecule has 0 fully saturated rings. The largest absolute Gasteiger partial charge is 0.341 e. The monoisotopic (exact) mass is 414 g/mol. The highest BCUT2D eigenvalue weighted by Gasteiger charge is 2.23.